The van der Waals surface area contributed by atoms with Crippen molar-refractivity contribution in [2.75, 3.05) is 31.7 Å². The summed E-state index contributed by atoms with van der Waals surface area (Å²) in [5.41, 5.74) is 5.59. The first-order valence-corrected chi connectivity index (χ1v) is 9.96. The van der Waals surface area contributed by atoms with E-state index in [1.807, 2.05) is 30.5 Å². The highest BCUT2D eigenvalue weighted by atomic mass is 35.5. The second-order valence-electron chi connectivity index (χ2n) is 5.90. The van der Waals surface area contributed by atoms with Gasteiger partial charge in [0, 0.05) is 4.90 Å². The minimum absolute atomic E-state index is 0.0224. The molecule has 0 radical (unpaired) electrons. The average Bonchev–Trinajstić information content (AvgIpc) is 2.66. The van der Waals surface area contributed by atoms with Gasteiger partial charge in [0.2, 0.25) is 5.91 Å². The number of hydrazine groups is 1. The quantitative estimate of drug-likeness (QED) is 0.472. The van der Waals surface area contributed by atoms with E-state index >= 15 is 0 Å². The van der Waals surface area contributed by atoms with E-state index in [1.54, 1.807) is 31.3 Å². The summed E-state index contributed by atoms with van der Waals surface area (Å²) in [6.07, 6.45) is 1.93. The van der Waals surface area contributed by atoms with E-state index in [0.29, 0.717) is 0 Å². The van der Waals surface area contributed by atoms with Crippen LogP contribution >= 0.6 is 23.4 Å². The summed E-state index contributed by atoms with van der Waals surface area (Å²) in [7, 11) is 1.63. The van der Waals surface area contributed by atoms with Crippen LogP contribution in [-0.4, -0.2) is 49.0 Å². The maximum absolute atomic E-state index is 12.2. The molecule has 2 aromatic carbocycles. The molecule has 148 valence electrons. The van der Waals surface area contributed by atoms with Crippen LogP contribution in [0.2, 0.25) is 5.02 Å². The van der Waals surface area contributed by atoms with Crippen LogP contribution in [0.3, 0.4) is 0 Å². The molecule has 0 aliphatic rings. The topological polar surface area (TPSA) is 90.5 Å². The van der Waals surface area contributed by atoms with Gasteiger partial charge >= 0.3 is 0 Å². The number of nitrogens with zero attached hydrogens (tertiary/aromatic N) is 1. The fourth-order valence-corrected chi connectivity index (χ4v) is 3.14. The Morgan fingerprint density at radius 2 is 1.61 bits per heavy atom. The lowest BCUT2D eigenvalue weighted by Gasteiger charge is -2.17. The van der Waals surface area contributed by atoms with Gasteiger partial charge in [-0.3, -0.25) is 30.1 Å². The number of rotatable bonds is 7. The highest BCUT2D eigenvalue weighted by Crippen LogP contribution is 2.24. The first kappa shape index (κ1) is 21.7. The summed E-state index contributed by atoms with van der Waals surface area (Å²) in [6.45, 7) is -0.0466. The van der Waals surface area contributed by atoms with Crippen molar-refractivity contribution in [2.24, 2.45) is 0 Å². The van der Waals surface area contributed by atoms with Crippen LogP contribution < -0.4 is 16.2 Å². The number of carbonyl (C=O) groups excluding carboxylic acids is 3. The van der Waals surface area contributed by atoms with E-state index in [-0.39, 0.29) is 29.6 Å². The molecule has 2 rings (SSSR count). The lowest BCUT2D eigenvalue weighted by atomic mass is 10.2. The Hall–Kier alpha value is -2.55. The third-order valence-electron chi connectivity index (χ3n) is 3.64. The maximum atomic E-state index is 12.2. The van der Waals surface area contributed by atoms with Crippen molar-refractivity contribution in [1.82, 2.24) is 15.8 Å². The van der Waals surface area contributed by atoms with E-state index in [2.05, 4.69) is 16.2 Å². The van der Waals surface area contributed by atoms with E-state index < -0.39 is 11.8 Å². The Balaban J connectivity index is 1.78. The number of thioether (sulfide) groups is 1. The van der Waals surface area contributed by atoms with Gasteiger partial charge in [0.05, 0.1) is 29.4 Å². The molecule has 0 aliphatic heterocycles. The van der Waals surface area contributed by atoms with Gasteiger partial charge in [0.1, 0.15) is 0 Å². The molecule has 0 unspecified atom stereocenters. The second kappa shape index (κ2) is 10.7. The molecular weight excluding hydrogens is 400 g/mol. The van der Waals surface area contributed by atoms with Crippen LogP contribution in [-0.2, 0) is 9.59 Å². The summed E-state index contributed by atoms with van der Waals surface area (Å²) < 4.78 is 0. The van der Waals surface area contributed by atoms with E-state index in [0.717, 1.165) is 10.6 Å². The molecule has 2 aromatic rings. The number of carbonyl (C=O) groups is 3. The monoisotopic (exact) mass is 420 g/mol. The van der Waals surface area contributed by atoms with Gasteiger partial charge in [0.15, 0.2) is 0 Å². The average molecular weight is 421 g/mol. The van der Waals surface area contributed by atoms with Crippen molar-refractivity contribution in [3.63, 3.8) is 0 Å². The number of halogens is 1. The molecular formula is C19H21ClN4O3S. The predicted molar refractivity (Wildman–Crippen MR) is 111 cm³/mol. The van der Waals surface area contributed by atoms with Crippen LogP contribution in [0, 0.1) is 0 Å². The maximum Gasteiger partial charge on any atom is 0.271 e. The molecule has 0 saturated carbocycles. The van der Waals surface area contributed by atoms with Gasteiger partial charge in [0.25, 0.3) is 11.8 Å². The van der Waals surface area contributed by atoms with Gasteiger partial charge in [-0.2, -0.15) is 0 Å². The van der Waals surface area contributed by atoms with Gasteiger partial charge in [-0.1, -0.05) is 35.9 Å². The molecule has 0 saturated heterocycles. The first-order valence-electron chi connectivity index (χ1n) is 8.36. The predicted octanol–water partition coefficient (Wildman–Crippen LogP) is 2.39. The molecule has 7 nitrogen and oxygen atoms in total. The molecule has 0 bridgehead atoms. The number of amides is 3. The summed E-state index contributed by atoms with van der Waals surface area (Å²) in [4.78, 5) is 38.7. The van der Waals surface area contributed by atoms with Crippen LogP contribution in [0.1, 0.15) is 10.4 Å². The standard InChI is InChI=1S/C19H21ClN4O3S/c1-24(11-17(25)21-15-9-5-6-10-16(15)28-2)12-18(26)22-23-19(27)13-7-3-4-8-14(13)20/h3-10H,11-12H2,1-2H3,(H,21,25)(H,22,26)(H,23,27). The normalized spacial score (nSPS) is 10.4. The van der Waals surface area contributed by atoms with Crippen molar-refractivity contribution in [3.8, 4) is 0 Å². The zero-order chi connectivity index (χ0) is 20.5. The molecule has 9 heteroatoms. The second-order valence-corrected chi connectivity index (χ2v) is 7.16. The van der Waals surface area contributed by atoms with E-state index in [4.69, 9.17) is 11.6 Å². The van der Waals surface area contributed by atoms with Crippen LogP contribution in [0.5, 0.6) is 0 Å². The Labute approximate surface area is 172 Å². The number of likely N-dealkylation sites (N-methyl/N-ethyl adjacent to an activating group) is 1. The van der Waals surface area contributed by atoms with Crippen molar-refractivity contribution in [2.45, 2.75) is 4.90 Å². The van der Waals surface area contributed by atoms with Gasteiger partial charge < -0.3 is 5.32 Å². The van der Waals surface area contributed by atoms with Gasteiger partial charge in [-0.25, -0.2) is 0 Å². The Morgan fingerprint density at radius 3 is 2.32 bits per heavy atom. The van der Waals surface area contributed by atoms with Crippen molar-refractivity contribution in [3.05, 3.63) is 59.1 Å². The lowest BCUT2D eigenvalue weighted by molar-refractivity contribution is -0.123. The number of nitrogens with one attached hydrogen (secondary N) is 3. The minimum atomic E-state index is -0.520. The number of benzene rings is 2. The van der Waals surface area contributed by atoms with Crippen molar-refractivity contribution < 1.29 is 14.4 Å². The molecule has 0 aliphatic carbocycles. The summed E-state index contributed by atoms with van der Waals surface area (Å²) in [5.74, 6) is -1.22. The molecule has 0 heterocycles. The molecule has 0 aromatic heterocycles. The SMILES string of the molecule is CSc1ccccc1NC(=O)CN(C)CC(=O)NNC(=O)c1ccccc1Cl. The van der Waals surface area contributed by atoms with E-state index in [9.17, 15) is 14.4 Å². The fourth-order valence-electron chi connectivity index (χ4n) is 2.36. The van der Waals surface area contributed by atoms with Crippen molar-refractivity contribution in [1.29, 1.82) is 0 Å². The highest BCUT2D eigenvalue weighted by molar-refractivity contribution is 7.98. The molecule has 28 heavy (non-hydrogen) atoms. The molecule has 3 N–H and O–H groups in total. The molecule has 3 amide bonds. The Kier molecular flexibility index (Phi) is 8.31. The van der Waals surface area contributed by atoms with Gasteiger partial charge in [-0.15, -0.1) is 11.8 Å². The van der Waals surface area contributed by atoms with E-state index in [1.165, 1.54) is 16.7 Å². The third kappa shape index (κ3) is 6.56. The highest BCUT2D eigenvalue weighted by Gasteiger charge is 2.14. The lowest BCUT2D eigenvalue weighted by Crippen LogP contribution is -2.46. The number of hydrogen-bond acceptors (Lipinski definition) is 5. The number of hydrogen-bond donors (Lipinski definition) is 3. The van der Waals surface area contributed by atoms with Crippen LogP contribution in [0.25, 0.3) is 0 Å². The largest absolute Gasteiger partial charge is 0.324 e. The Morgan fingerprint density at radius 1 is 0.964 bits per heavy atom. The number of anilines is 1. The molecule has 0 fully saturated rings. The van der Waals surface area contributed by atoms with Gasteiger partial charge in [-0.05, 0) is 37.6 Å². The summed E-state index contributed by atoms with van der Waals surface area (Å²) in [5, 5.41) is 3.11. The van der Waals surface area contributed by atoms with Crippen molar-refractivity contribution >= 4 is 46.8 Å². The zero-order valence-electron chi connectivity index (χ0n) is 15.5. The first-order chi connectivity index (χ1) is 13.4. The molecule has 0 atom stereocenters. The smallest absolute Gasteiger partial charge is 0.271 e. The van der Waals surface area contributed by atoms with Crippen LogP contribution in [0.15, 0.2) is 53.4 Å². The van der Waals surface area contributed by atoms with Crippen LogP contribution in [0.4, 0.5) is 5.69 Å². The fraction of sp³-hybridized carbons (Fsp3) is 0.211. The minimum Gasteiger partial charge on any atom is -0.324 e. The third-order valence-corrected chi connectivity index (χ3v) is 4.77. The summed E-state index contributed by atoms with van der Waals surface area (Å²) in [6, 6.07) is 14.0. The summed E-state index contributed by atoms with van der Waals surface area (Å²) >= 11 is 7.47. The zero-order valence-corrected chi connectivity index (χ0v) is 17.1. The molecule has 0 spiro atoms. The Bertz CT molecular complexity index is 863. The number of para-hydroxylation sites is 1.